The molecule has 26 heavy (non-hydrogen) atoms. The highest BCUT2D eigenvalue weighted by molar-refractivity contribution is 9.10. The van der Waals surface area contributed by atoms with Gasteiger partial charge >= 0.3 is 0 Å². The third-order valence-corrected chi connectivity index (χ3v) is 4.53. The Morgan fingerprint density at radius 3 is 2.54 bits per heavy atom. The number of ether oxygens (including phenoxy) is 1. The highest BCUT2D eigenvalue weighted by atomic mass is 79.9. The zero-order valence-corrected chi connectivity index (χ0v) is 15.4. The first-order valence-electron chi connectivity index (χ1n) is 7.77. The molecule has 0 bridgehead atoms. The van der Waals surface area contributed by atoms with E-state index in [0.717, 1.165) is 20.8 Å². The Morgan fingerprint density at radius 2 is 1.88 bits per heavy atom. The van der Waals surface area contributed by atoms with Crippen LogP contribution in [0.15, 0.2) is 59.1 Å². The second kappa shape index (κ2) is 7.53. The molecule has 0 radical (unpaired) electrons. The Balaban J connectivity index is 1.84. The maximum Gasteiger partial charge on any atom is 0.269 e. The molecule has 0 fully saturated rings. The van der Waals surface area contributed by atoms with Gasteiger partial charge in [-0.1, -0.05) is 28.1 Å². The first kappa shape index (κ1) is 17.9. The molecular formula is C19H15BrN2O4. The van der Waals surface area contributed by atoms with Crippen molar-refractivity contribution in [2.75, 3.05) is 7.11 Å². The van der Waals surface area contributed by atoms with Crippen LogP contribution in [0.1, 0.15) is 15.9 Å². The number of benzene rings is 3. The van der Waals surface area contributed by atoms with E-state index in [2.05, 4.69) is 21.2 Å². The van der Waals surface area contributed by atoms with Crippen LogP contribution in [-0.4, -0.2) is 17.9 Å². The van der Waals surface area contributed by atoms with E-state index in [-0.39, 0.29) is 18.1 Å². The fraction of sp³-hybridized carbons (Fsp3) is 0.105. The summed E-state index contributed by atoms with van der Waals surface area (Å²) in [6.07, 6.45) is 0. The molecule has 0 atom stereocenters. The van der Waals surface area contributed by atoms with Gasteiger partial charge in [0.15, 0.2) is 0 Å². The number of methoxy groups -OCH3 is 1. The number of fused-ring (bicyclic) bond motifs is 1. The van der Waals surface area contributed by atoms with Gasteiger partial charge in [0, 0.05) is 34.3 Å². The average molecular weight is 415 g/mol. The van der Waals surface area contributed by atoms with Crippen molar-refractivity contribution in [2.24, 2.45) is 0 Å². The van der Waals surface area contributed by atoms with Crippen molar-refractivity contribution in [1.29, 1.82) is 0 Å². The van der Waals surface area contributed by atoms with Gasteiger partial charge in [-0.15, -0.1) is 0 Å². The highest BCUT2D eigenvalue weighted by Gasteiger charge is 2.13. The fourth-order valence-corrected chi connectivity index (χ4v) is 3.10. The van der Waals surface area contributed by atoms with Crippen molar-refractivity contribution >= 4 is 38.3 Å². The summed E-state index contributed by atoms with van der Waals surface area (Å²) in [5, 5.41) is 15.6. The number of amides is 1. The summed E-state index contributed by atoms with van der Waals surface area (Å²) in [4.78, 5) is 22.6. The van der Waals surface area contributed by atoms with Crippen molar-refractivity contribution in [3.63, 3.8) is 0 Å². The van der Waals surface area contributed by atoms with E-state index in [1.54, 1.807) is 7.11 Å². The van der Waals surface area contributed by atoms with Crippen molar-refractivity contribution in [2.45, 2.75) is 6.54 Å². The van der Waals surface area contributed by atoms with Crippen LogP contribution in [0, 0.1) is 10.1 Å². The van der Waals surface area contributed by atoms with Crippen LogP contribution in [-0.2, 0) is 6.54 Å². The van der Waals surface area contributed by atoms with E-state index in [1.807, 2.05) is 30.3 Å². The summed E-state index contributed by atoms with van der Waals surface area (Å²) >= 11 is 3.45. The topological polar surface area (TPSA) is 81.5 Å². The molecule has 7 heteroatoms. The van der Waals surface area contributed by atoms with Crippen LogP contribution in [0.5, 0.6) is 5.75 Å². The molecular weight excluding hydrogens is 400 g/mol. The number of non-ortho nitro benzene ring substituents is 1. The Labute approximate surface area is 158 Å². The Hall–Kier alpha value is -2.93. The molecule has 0 aromatic heterocycles. The third-order valence-electron chi connectivity index (χ3n) is 4.04. The quantitative estimate of drug-likeness (QED) is 0.493. The smallest absolute Gasteiger partial charge is 0.269 e. The van der Waals surface area contributed by atoms with E-state index < -0.39 is 4.92 Å². The Kier molecular flexibility index (Phi) is 5.18. The van der Waals surface area contributed by atoms with E-state index in [0.29, 0.717) is 11.3 Å². The molecule has 3 aromatic carbocycles. The van der Waals surface area contributed by atoms with Crippen molar-refractivity contribution in [3.05, 3.63) is 80.3 Å². The summed E-state index contributed by atoms with van der Waals surface area (Å²) in [5.41, 5.74) is 1.17. The minimum atomic E-state index is -0.499. The monoisotopic (exact) mass is 414 g/mol. The van der Waals surface area contributed by atoms with Crippen molar-refractivity contribution < 1.29 is 14.5 Å². The number of nitro benzene ring substituents is 1. The van der Waals surface area contributed by atoms with Gasteiger partial charge in [0.2, 0.25) is 0 Å². The minimum Gasteiger partial charge on any atom is -0.496 e. The zero-order chi connectivity index (χ0) is 18.7. The van der Waals surface area contributed by atoms with E-state index in [4.69, 9.17) is 4.74 Å². The largest absolute Gasteiger partial charge is 0.496 e. The second-order valence-electron chi connectivity index (χ2n) is 5.60. The molecule has 0 aliphatic rings. The lowest BCUT2D eigenvalue weighted by molar-refractivity contribution is -0.384. The van der Waals surface area contributed by atoms with Crippen LogP contribution in [0.25, 0.3) is 10.8 Å². The van der Waals surface area contributed by atoms with Gasteiger partial charge in [-0.3, -0.25) is 14.9 Å². The Bertz CT molecular complexity index is 987. The molecule has 6 nitrogen and oxygen atoms in total. The molecule has 1 amide bonds. The van der Waals surface area contributed by atoms with Gasteiger partial charge in [0.25, 0.3) is 11.6 Å². The van der Waals surface area contributed by atoms with E-state index >= 15 is 0 Å². The zero-order valence-electron chi connectivity index (χ0n) is 13.9. The maximum atomic E-state index is 12.4. The van der Waals surface area contributed by atoms with Crippen LogP contribution in [0.3, 0.4) is 0 Å². The summed E-state index contributed by atoms with van der Waals surface area (Å²) in [5.74, 6) is 0.375. The van der Waals surface area contributed by atoms with E-state index in [9.17, 15) is 14.9 Å². The van der Waals surface area contributed by atoms with Crippen LogP contribution < -0.4 is 10.1 Å². The molecule has 0 unspecified atom stereocenters. The first-order chi connectivity index (χ1) is 12.5. The average Bonchev–Trinajstić information content (AvgIpc) is 2.65. The standard InChI is InChI=1S/C19H15BrN2O4/c1-26-18-9-4-13-10-14(20)5-8-16(13)17(18)11-21-19(23)12-2-6-15(7-3-12)22(24)25/h2-10H,11H2,1H3,(H,21,23). The number of hydrogen-bond donors (Lipinski definition) is 1. The molecule has 0 saturated heterocycles. The number of nitro groups is 1. The third kappa shape index (κ3) is 3.67. The Morgan fingerprint density at radius 1 is 1.15 bits per heavy atom. The summed E-state index contributed by atoms with van der Waals surface area (Å²) < 4.78 is 6.39. The molecule has 0 heterocycles. The predicted molar refractivity (Wildman–Crippen MR) is 102 cm³/mol. The number of carbonyl (C=O) groups is 1. The molecule has 3 rings (SSSR count). The van der Waals surface area contributed by atoms with Crippen molar-refractivity contribution in [3.8, 4) is 5.75 Å². The van der Waals surface area contributed by atoms with Gasteiger partial charge < -0.3 is 10.1 Å². The number of rotatable bonds is 5. The van der Waals surface area contributed by atoms with Crippen LogP contribution in [0.4, 0.5) is 5.69 Å². The normalized spacial score (nSPS) is 10.5. The van der Waals surface area contributed by atoms with Crippen molar-refractivity contribution in [1.82, 2.24) is 5.32 Å². The first-order valence-corrected chi connectivity index (χ1v) is 8.56. The minimum absolute atomic E-state index is 0.0529. The van der Waals surface area contributed by atoms with Gasteiger partial charge in [-0.05, 0) is 41.1 Å². The molecule has 1 N–H and O–H groups in total. The number of hydrogen-bond acceptors (Lipinski definition) is 4. The van der Waals surface area contributed by atoms with E-state index in [1.165, 1.54) is 24.3 Å². The molecule has 0 aliphatic heterocycles. The lowest BCUT2D eigenvalue weighted by atomic mass is 10.0. The fourth-order valence-electron chi connectivity index (χ4n) is 2.72. The molecule has 3 aromatic rings. The number of carbonyl (C=O) groups excluding carboxylic acids is 1. The van der Waals surface area contributed by atoms with Crippen LogP contribution >= 0.6 is 15.9 Å². The summed E-state index contributed by atoms with van der Waals surface area (Å²) in [6.45, 7) is 0.276. The SMILES string of the molecule is COc1ccc2cc(Br)ccc2c1CNC(=O)c1ccc([N+](=O)[O-])cc1. The number of nitrogens with one attached hydrogen (secondary N) is 1. The van der Waals surface area contributed by atoms with Gasteiger partial charge in [0.1, 0.15) is 5.75 Å². The number of halogens is 1. The maximum absolute atomic E-state index is 12.4. The van der Waals surface area contributed by atoms with Crippen LogP contribution in [0.2, 0.25) is 0 Å². The summed E-state index contributed by atoms with van der Waals surface area (Å²) in [6, 6.07) is 15.2. The highest BCUT2D eigenvalue weighted by Crippen LogP contribution is 2.30. The molecule has 0 aliphatic carbocycles. The molecule has 0 saturated carbocycles. The van der Waals surface area contributed by atoms with Gasteiger partial charge in [0.05, 0.1) is 12.0 Å². The number of nitrogens with zero attached hydrogens (tertiary/aromatic N) is 1. The van der Waals surface area contributed by atoms with Gasteiger partial charge in [-0.25, -0.2) is 0 Å². The molecule has 132 valence electrons. The molecule has 0 spiro atoms. The lowest BCUT2D eigenvalue weighted by Gasteiger charge is -2.13. The second-order valence-corrected chi connectivity index (χ2v) is 6.51. The lowest BCUT2D eigenvalue weighted by Crippen LogP contribution is -2.23. The van der Waals surface area contributed by atoms with Gasteiger partial charge in [-0.2, -0.15) is 0 Å². The predicted octanol–water partition coefficient (Wildman–Crippen LogP) is 4.45. The summed E-state index contributed by atoms with van der Waals surface area (Å²) in [7, 11) is 1.58.